The van der Waals surface area contributed by atoms with Gasteiger partial charge in [0.15, 0.2) is 0 Å². The largest absolute Gasteiger partial charge is 0.354 e. The number of hydrogen-bond donors (Lipinski definition) is 1. The molecule has 5 nitrogen and oxygen atoms in total. The predicted octanol–water partition coefficient (Wildman–Crippen LogP) is 3.66. The van der Waals surface area contributed by atoms with Gasteiger partial charge in [-0.05, 0) is 42.0 Å². The van der Waals surface area contributed by atoms with E-state index in [0.717, 1.165) is 44.2 Å². The summed E-state index contributed by atoms with van der Waals surface area (Å²) in [4.78, 5) is 21.5. The first kappa shape index (κ1) is 18.2. The highest BCUT2D eigenvalue weighted by Crippen LogP contribution is 2.16. The number of benzene rings is 2. The standard InChI is InChI=1S/C23H24N4O/c28-23(20-6-2-1-3-7-20)25-21-11-9-19(10-12-21)18-26-14-16-27(17-15-26)22-8-4-5-13-24-22/h1-13H,14-18H2,(H,25,28). The monoisotopic (exact) mass is 372 g/mol. The van der Waals surface area contributed by atoms with Gasteiger partial charge in [-0.3, -0.25) is 9.69 Å². The van der Waals surface area contributed by atoms with Crippen LogP contribution in [0.2, 0.25) is 0 Å². The molecule has 1 aliphatic heterocycles. The second kappa shape index (κ2) is 8.67. The number of carbonyl (C=O) groups is 1. The van der Waals surface area contributed by atoms with Crippen LogP contribution in [0.5, 0.6) is 0 Å². The molecule has 2 heterocycles. The Morgan fingerprint density at radius 1 is 0.857 bits per heavy atom. The van der Waals surface area contributed by atoms with Crippen LogP contribution in [0.1, 0.15) is 15.9 Å². The van der Waals surface area contributed by atoms with Crippen molar-refractivity contribution in [3.8, 4) is 0 Å². The van der Waals surface area contributed by atoms with Gasteiger partial charge in [0.25, 0.3) is 5.91 Å². The van der Waals surface area contributed by atoms with Crippen LogP contribution in [-0.4, -0.2) is 42.0 Å². The van der Waals surface area contributed by atoms with Crippen LogP contribution in [0.25, 0.3) is 0 Å². The minimum atomic E-state index is -0.0843. The quantitative estimate of drug-likeness (QED) is 0.743. The molecule has 1 fully saturated rings. The van der Waals surface area contributed by atoms with Crippen molar-refractivity contribution in [3.05, 3.63) is 90.1 Å². The fraction of sp³-hybridized carbons (Fsp3) is 0.217. The highest BCUT2D eigenvalue weighted by Gasteiger charge is 2.17. The zero-order valence-corrected chi connectivity index (χ0v) is 15.8. The number of anilines is 2. The zero-order valence-electron chi connectivity index (χ0n) is 15.8. The Bertz CT molecular complexity index is 889. The number of amides is 1. The number of rotatable bonds is 5. The molecular weight excluding hydrogens is 348 g/mol. The summed E-state index contributed by atoms with van der Waals surface area (Å²) in [6.07, 6.45) is 1.85. The molecule has 1 aromatic heterocycles. The highest BCUT2D eigenvalue weighted by atomic mass is 16.1. The molecule has 1 aliphatic rings. The summed E-state index contributed by atoms with van der Waals surface area (Å²) in [5.41, 5.74) is 2.74. The third kappa shape index (κ3) is 4.56. The fourth-order valence-electron chi connectivity index (χ4n) is 3.42. The van der Waals surface area contributed by atoms with Crippen molar-refractivity contribution < 1.29 is 4.79 Å². The Balaban J connectivity index is 1.29. The second-order valence-electron chi connectivity index (χ2n) is 6.97. The maximum Gasteiger partial charge on any atom is 0.255 e. The van der Waals surface area contributed by atoms with Crippen molar-refractivity contribution in [1.29, 1.82) is 0 Å². The van der Waals surface area contributed by atoms with Gasteiger partial charge in [-0.25, -0.2) is 4.98 Å². The molecule has 5 heteroatoms. The molecule has 2 aromatic carbocycles. The molecule has 0 spiro atoms. The van der Waals surface area contributed by atoms with E-state index in [-0.39, 0.29) is 5.91 Å². The summed E-state index contributed by atoms with van der Waals surface area (Å²) in [5.74, 6) is 0.972. The summed E-state index contributed by atoms with van der Waals surface area (Å²) < 4.78 is 0. The van der Waals surface area contributed by atoms with E-state index in [0.29, 0.717) is 5.56 Å². The Morgan fingerprint density at radius 2 is 1.57 bits per heavy atom. The molecule has 0 unspecified atom stereocenters. The lowest BCUT2D eigenvalue weighted by Crippen LogP contribution is -2.46. The molecule has 1 amide bonds. The number of pyridine rings is 1. The van der Waals surface area contributed by atoms with E-state index >= 15 is 0 Å². The minimum Gasteiger partial charge on any atom is -0.354 e. The van der Waals surface area contributed by atoms with Crippen molar-refractivity contribution in [2.45, 2.75) is 6.54 Å². The Hall–Kier alpha value is -3.18. The molecule has 3 aromatic rings. The Labute approximate surface area is 165 Å². The zero-order chi connectivity index (χ0) is 19.2. The van der Waals surface area contributed by atoms with E-state index < -0.39 is 0 Å². The molecule has 4 rings (SSSR count). The molecule has 0 aliphatic carbocycles. The van der Waals surface area contributed by atoms with Gasteiger partial charge in [0.05, 0.1) is 0 Å². The average Bonchev–Trinajstić information content (AvgIpc) is 2.77. The predicted molar refractivity (Wildman–Crippen MR) is 113 cm³/mol. The van der Waals surface area contributed by atoms with Gasteiger partial charge in [0.1, 0.15) is 5.82 Å². The van der Waals surface area contributed by atoms with Gasteiger partial charge in [0, 0.05) is 50.2 Å². The van der Waals surface area contributed by atoms with Gasteiger partial charge in [-0.2, -0.15) is 0 Å². The highest BCUT2D eigenvalue weighted by molar-refractivity contribution is 6.04. The van der Waals surface area contributed by atoms with E-state index in [9.17, 15) is 4.79 Å². The van der Waals surface area contributed by atoms with Crippen molar-refractivity contribution in [2.75, 3.05) is 36.4 Å². The molecule has 0 atom stereocenters. The lowest BCUT2D eigenvalue weighted by atomic mass is 10.1. The number of piperazine rings is 1. The summed E-state index contributed by atoms with van der Waals surface area (Å²) >= 11 is 0. The van der Waals surface area contributed by atoms with Crippen molar-refractivity contribution in [1.82, 2.24) is 9.88 Å². The van der Waals surface area contributed by atoms with Crippen LogP contribution in [-0.2, 0) is 6.54 Å². The molecule has 0 saturated carbocycles. The second-order valence-corrected chi connectivity index (χ2v) is 6.97. The maximum atomic E-state index is 12.2. The normalized spacial score (nSPS) is 14.6. The number of nitrogens with one attached hydrogen (secondary N) is 1. The van der Waals surface area contributed by atoms with Gasteiger partial charge in [-0.15, -0.1) is 0 Å². The number of hydrogen-bond acceptors (Lipinski definition) is 4. The third-order valence-electron chi connectivity index (χ3n) is 5.00. The molecule has 1 N–H and O–H groups in total. The first-order chi connectivity index (χ1) is 13.8. The van der Waals surface area contributed by atoms with Gasteiger partial charge >= 0.3 is 0 Å². The lowest BCUT2D eigenvalue weighted by molar-refractivity contribution is 0.102. The van der Waals surface area contributed by atoms with Crippen LogP contribution in [0.3, 0.4) is 0 Å². The van der Waals surface area contributed by atoms with Crippen molar-refractivity contribution in [2.24, 2.45) is 0 Å². The van der Waals surface area contributed by atoms with E-state index in [4.69, 9.17) is 0 Å². The van der Waals surface area contributed by atoms with E-state index in [2.05, 4.69) is 38.3 Å². The summed E-state index contributed by atoms with van der Waals surface area (Å²) in [6.45, 7) is 4.93. The van der Waals surface area contributed by atoms with Crippen LogP contribution >= 0.6 is 0 Å². The number of aromatic nitrogens is 1. The first-order valence-electron chi connectivity index (χ1n) is 9.61. The molecule has 28 heavy (non-hydrogen) atoms. The van der Waals surface area contributed by atoms with Gasteiger partial charge in [-0.1, -0.05) is 36.4 Å². The summed E-state index contributed by atoms with van der Waals surface area (Å²) in [6, 6.07) is 23.4. The minimum absolute atomic E-state index is 0.0843. The molecular formula is C23H24N4O. The first-order valence-corrected chi connectivity index (χ1v) is 9.61. The summed E-state index contributed by atoms with van der Waals surface area (Å²) in [5, 5.41) is 2.95. The lowest BCUT2D eigenvalue weighted by Gasteiger charge is -2.35. The summed E-state index contributed by atoms with van der Waals surface area (Å²) in [7, 11) is 0. The maximum absolute atomic E-state index is 12.2. The smallest absolute Gasteiger partial charge is 0.255 e. The molecule has 142 valence electrons. The van der Waals surface area contributed by atoms with Crippen molar-refractivity contribution in [3.63, 3.8) is 0 Å². The molecule has 1 saturated heterocycles. The van der Waals surface area contributed by atoms with E-state index in [1.54, 1.807) is 0 Å². The van der Waals surface area contributed by atoms with E-state index in [1.165, 1.54) is 5.56 Å². The Kier molecular flexibility index (Phi) is 5.64. The van der Waals surface area contributed by atoms with Crippen LogP contribution in [0.4, 0.5) is 11.5 Å². The topological polar surface area (TPSA) is 48.5 Å². The Morgan fingerprint density at radius 3 is 2.25 bits per heavy atom. The molecule has 0 bridgehead atoms. The fourth-order valence-corrected chi connectivity index (χ4v) is 3.42. The van der Waals surface area contributed by atoms with Gasteiger partial charge < -0.3 is 10.2 Å². The van der Waals surface area contributed by atoms with Gasteiger partial charge in [0.2, 0.25) is 0 Å². The molecule has 0 radical (unpaired) electrons. The van der Waals surface area contributed by atoms with Crippen LogP contribution in [0.15, 0.2) is 79.0 Å². The number of nitrogens with zero attached hydrogens (tertiary/aromatic N) is 3. The third-order valence-corrected chi connectivity index (χ3v) is 5.00. The number of carbonyl (C=O) groups excluding carboxylic acids is 1. The van der Waals surface area contributed by atoms with Crippen LogP contribution < -0.4 is 10.2 Å². The van der Waals surface area contributed by atoms with E-state index in [1.807, 2.05) is 60.8 Å². The van der Waals surface area contributed by atoms with Crippen LogP contribution in [0, 0.1) is 0 Å². The SMILES string of the molecule is O=C(Nc1ccc(CN2CCN(c3ccccn3)CC2)cc1)c1ccccc1. The van der Waals surface area contributed by atoms with Crippen molar-refractivity contribution >= 4 is 17.4 Å². The average molecular weight is 372 g/mol.